The third kappa shape index (κ3) is 2.40. The molecular formula is C12H21N3. The maximum atomic E-state index is 6.05. The fourth-order valence-corrected chi connectivity index (χ4v) is 2.20. The molecule has 0 saturated carbocycles. The van der Waals surface area contributed by atoms with Crippen LogP contribution in [0.3, 0.4) is 0 Å². The minimum absolute atomic E-state index is 0.148. The average molecular weight is 207 g/mol. The van der Waals surface area contributed by atoms with E-state index >= 15 is 0 Å². The fraction of sp³-hybridized carbons (Fsp3) is 0.750. The number of rotatable bonds is 1. The molecule has 0 radical (unpaired) electrons. The predicted octanol–water partition coefficient (Wildman–Crippen LogP) is 2.27. The number of nitrogens with zero attached hydrogens (tertiary/aromatic N) is 2. The van der Waals surface area contributed by atoms with Gasteiger partial charge in [-0.25, -0.2) is 4.98 Å². The summed E-state index contributed by atoms with van der Waals surface area (Å²) in [5.74, 6) is 1.17. The Morgan fingerprint density at radius 2 is 2.27 bits per heavy atom. The minimum atomic E-state index is 0.148. The summed E-state index contributed by atoms with van der Waals surface area (Å²) >= 11 is 0. The minimum Gasteiger partial charge on any atom is -0.319 e. The number of hydrogen-bond donors (Lipinski definition) is 1. The summed E-state index contributed by atoms with van der Waals surface area (Å²) in [7, 11) is 0. The first-order chi connectivity index (χ1) is 6.96. The van der Waals surface area contributed by atoms with Crippen molar-refractivity contribution in [2.45, 2.75) is 52.6 Å². The monoisotopic (exact) mass is 207 g/mol. The van der Waals surface area contributed by atoms with Gasteiger partial charge in [-0.3, -0.25) is 0 Å². The third-order valence-electron chi connectivity index (χ3n) is 2.83. The molecule has 1 aromatic heterocycles. The molecular weight excluding hydrogens is 186 g/mol. The van der Waals surface area contributed by atoms with Gasteiger partial charge in [0.2, 0.25) is 0 Å². The Morgan fingerprint density at radius 3 is 2.87 bits per heavy atom. The Kier molecular flexibility index (Phi) is 2.59. The van der Waals surface area contributed by atoms with Crippen LogP contribution in [0.5, 0.6) is 0 Å². The molecule has 15 heavy (non-hydrogen) atoms. The van der Waals surface area contributed by atoms with Gasteiger partial charge in [0.15, 0.2) is 0 Å². The highest BCUT2D eigenvalue weighted by atomic mass is 15.2. The predicted molar refractivity (Wildman–Crippen MR) is 61.5 cm³/mol. The molecule has 1 atom stereocenters. The van der Waals surface area contributed by atoms with Crippen molar-refractivity contribution in [3.63, 3.8) is 0 Å². The van der Waals surface area contributed by atoms with Crippen molar-refractivity contribution < 1.29 is 0 Å². The Hall–Kier alpha value is -0.830. The second-order valence-electron chi connectivity index (χ2n) is 5.75. The van der Waals surface area contributed by atoms with Crippen LogP contribution in [-0.2, 0) is 12.8 Å². The lowest BCUT2D eigenvalue weighted by Gasteiger charge is -2.20. The molecule has 0 bridgehead atoms. The van der Waals surface area contributed by atoms with Gasteiger partial charge in [-0.05, 0) is 24.7 Å². The van der Waals surface area contributed by atoms with Crippen molar-refractivity contribution in [1.29, 1.82) is 0 Å². The Bertz CT molecular complexity index is 346. The number of aromatic nitrogens is 2. The molecule has 3 nitrogen and oxygen atoms in total. The maximum Gasteiger partial charge on any atom is 0.110 e. The van der Waals surface area contributed by atoms with E-state index in [4.69, 9.17) is 5.73 Å². The molecule has 0 saturated heterocycles. The highest BCUT2D eigenvalue weighted by Crippen LogP contribution is 2.24. The average Bonchev–Trinajstić information content (AvgIpc) is 2.45. The molecule has 0 spiro atoms. The van der Waals surface area contributed by atoms with Gasteiger partial charge < -0.3 is 10.3 Å². The smallest absolute Gasteiger partial charge is 0.110 e. The topological polar surface area (TPSA) is 43.8 Å². The second-order valence-corrected chi connectivity index (χ2v) is 5.75. The van der Waals surface area contributed by atoms with Crippen molar-refractivity contribution in [2.75, 3.05) is 0 Å². The van der Waals surface area contributed by atoms with E-state index in [9.17, 15) is 0 Å². The molecule has 1 unspecified atom stereocenters. The van der Waals surface area contributed by atoms with Crippen molar-refractivity contribution in [3.8, 4) is 0 Å². The normalized spacial score (nSPS) is 21.5. The molecule has 3 heteroatoms. The quantitative estimate of drug-likeness (QED) is 0.767. The highest BCUT2D eigenvalue weighted by Gasteiger charge is 2.20. The van der Waals surface area contributed by atoms with Crippen LogP contribution in [0, 0.1) is 5.41 Å². The van der Waals surface area contributed by atoms with E-state index in [0.29, 0.717) is 5.41 Å². The summed E-state index contributed by atoms with van der Waals surface area (Å²) in [6.45, 7) is 6.72. The summed E-state index contributed by atoms with van der Waals surface area (Å²) in [6, 6.07) is 0. The van der Waals surface area contributed by atoms with Crippen LogP contribution in [0.15, 0.2) is 6.20 Å². The zero-order valence-electron chi connectivity index (χ0n) is 9.95. The molecule has 0 aromatic carbocycles. The van der Waals surface area contributed by atoms with Gasteiger partial charge >= 0.3 is 0 Å². The van der Waals surface area contributed by atoms with Crippen LogP contribution in [0.4, 0.5) is 0 Å². The summed E-state index contributed by atoms with van der Waals surface area (Å²) in [6.07, 6.45) is 6.66. The Morgan fingerprint density at radius 1 is 1.53 bits per heavy atom. The summed E-state index contributed by atoms with van der Waals surface area (Å²) in [5, 5.41) is 0. The number of nitrogens with two attached hydrogens (primary N) is 1. The third-order valence-corrected chi connectivity index (χ3v) is 2.83. The van der Waals surface area contributed by atoms with E-state index in [0.717, 1.165) is 19.3 Å². The zero-order chi connectivity index (χ0) is 11.1. The number of hydrogen-bond acceptors (Lipinski definition) is 2. The number of aryl methyl sites for hydroxylation is 1. The fourth-order valence-electron chi connectivity index (χ4n) is 2.20. The van der Waals surface area contributed by atoms with Crippen molar-refractivity contribution in [3.05, 3.63) is 17.7 Å². The first-order valence-corrected chi connectivity index (χ1v) is 5.78. The van der Waals surface area contributed by atoms with E-state index in [1.807, 2.05) is 0 Å². The van der Waals surface area contributed by atoms with E-state index in [2.05, 4.69) is 36.5 Å². The molecule has 1 aromatic rings. The van der Waals surface area contributed by atoms with Crippen LogP contribution in [0.2, 0.25) is 0 Å². The molecule has 0 aliphatic carbocycles. The van der Waals surface area contributed by atoms with Crippen LogP contribution < -0.4 is 5.73 Å². The summed E-state index contributed by atoms with van der Waals surface area (Å²) in [4.78, 5) is 4.67. The lowest BCUT2D eigenvalue weighted by atomic mass is 9.91. The molecule has 84 valence electrons. The number of fused-ring (bicyclic) bond motifs is 1. The van der Waals surface area contributed by atoms with E-state index in [1.165, 1.54) is 17.9 Å². The standard InChI is InChI=1S/C12H21N3/c1-12(2,3)7-9-8-15-10(13)5-4-6-11(15)14-9/h8,10H,4-7,13H2,1-3H3. The van der Waals surface area contributed by atoms with Crippen molar-refractivity contribution in [2.24, 2.45) is 11.1 Å². The van der Waals surface area contributed by atoms with E-state index < -0.39 is 0 Å². The molecule has 0 amide bonds. The number of imidazole rings is 1. The van der Waals surface area contributed by atoms with Crippen LogP contribution in [0.25, 0.3) is 0 Å². The molecule has 2 rings (SSSR count). The molecule has 1 aliphatic heterocycles. The Labute approximate surface area is 91.7 Å². The first kappa shape index (κ1) is 10.7. The largest absolute Gasteiger partial charge is 0.319 e. The van der Waals surface area contributed by atoms with Gasteiger partial charge in [-0.15, -0.1) is 0 Å². The van der Waals surface area contributed by atoms with Gasteiger partial charge in [-0.1, -0.05) is 20.8 Å². The van der Waals surface area contributed by atoms with Gasteiger partial charge in [0.05, 0.1) is 11.9 Å². The van der Waals surface area contributed by atoms with Gasteiger partial charge in [0.25, 0.3) is 0 Å². The molecule has 2 N–H and O–H groups in total. The lowest BCUT2D eigenvalue weighted by molar-refractivity contribution is 0.404. The van der Waals surface area contributed by atoms with Crippen LogP contribution >= 0.6 is 0 Å². The van der Waals surface area contributed by atoms with E-state index in [-0.39, 0.29) is 6.17 Å². The second kappa shape index (κ2) is 3.63. The summed E-state index contributed by atoms with van der Waals surface area (Å²) in [5.41, 5.74) is 7.54. The summed E-state index contributed by atoms with van der Waals surface area (Å²) < 4.78 is 2.16. The van der Waals surface area contributed by atoms with Crippen LogP contribution in [-0.4, -0.2) is 9.55 Å². The molecule has 1 aliphatic rings. The van der Waals surface area contributed by atoms with Crippen molar-refractivity contribution in [1.82, 2.24) is 9.55 Å². The van der Waals surface area contributed by atoms with Gasteiger partial charge in [0, 0.05) is 12.6 Å². The van der Waals surface area contributed by atoms with E-state index in [1.54, 1.807) is 0 Å². The zero-order valence-corrected chi connectivity index (χ0v) is 9.95. The molecule has 0 fully saturated rings. The van der Waals surface area contributed by atoms with Gasteiger partial charge in [-0.2, -0.15) is 0 Å². The first-order valence-electron chi connectivity index (χ1n) is 5.78. The van der Waals surface area contributed by atoms with Crippen LogP contribution in [0.1, 0.15) is 51.3 Å². The maximum absolute atomic E-state index is 6.05. The molecule has 2 heterocycles. The van der Waals surface area contributed by atoms with Crippen molar-refractivity contribution >= 4 is 0 Å². The van der Waals surface area contributed by atoms with Gasteiger partial charge in [0.1, 0.15) is 5.82 Å². The Balaban J connectivity index is 2.22. The lowest BCUT2D eigenvalue weighted by Crippen LogP contribution is -2.24. The SMILES string of the molecule is CC(C)(C)Cc1cn2c(n1)CCCC2N. The highest BCUT2D eigenvalue weighted by molar-refractivity contribution is 5.09.